The van der Waals surface area contributed by atoms with Crippen molar-refractivity contribution in [1.82, 2.24) is 4.90 Å². The highest BCUT2D eigenvalue weighted by Gasteiger charge is 2.42. The lowest BCUT2D eigenvalue weighted by Gasteiger charge is -2.38. The number of amides is 1. The molecule has 2 aromatic carbocycles. The van der Waals surface area contributed by atoms with Crippen molar-refractivity contribution in [2.75, 3.05) is 11.9 Å². The van der Waals surface area contributed by atoms with Gasteiger partial charge in [-0.25, -0.2) is 0 Å². The number of hydrogen-bond acceptors (Lipinski definition) is 4. The van der Waals surface area contributed by atoms with Crippen molar-refractivity contribution >= 4 is 19.9 Å². The molecule has 35 heavy (non-hydrogen) atoms. The number of anilines is 1. The summed E-state index contributed by atoms with van der Waals surface area (Å²) < 4.78 is 48.2. The molecule has 3 rings (SSSR count). The van der Waals surface area contributed by atoms with Crippen LogP contribution in [0.4, 0.5) is 18.9 Å². The second kappa shape index (κ2) is 10.7. The Morgan fingerprint density at radius 3 is 2.37 bits per heavy atom. The van der Waals surface area contributed by atoms with Crippen LogP contribution in [0.1, 0.15) is 39.2 Å². The SMILES string of the molecule is CC(C)(C)[Si](C)(C)OC[C@H]1CC[C@@H](C(=O)Nc2cccc(OC(F)(F)F)c2)N1Cc1ccccc1. The zero-order valence-electron chi connectivity index (χ0n) is 21.0. The number of carbonyl (C=O) groups excluding carboxylic acids is 1. The van der Waals surface area contributed by atoms with Crippen molar-refractivity contribution in [2.24, 2.45) is 0 Å². The van der Waals surface area contributed by atoms with Crippen LogP contribution in [-0.2, 0) is 15.8 Å². The van der Waals surface area contributed by atoms with E-state index in [1.54, 1.807) is 6.07 Å². The summed E-state index contributed by atoms with van der Waals surface area (Å²) in [6.45, 7) is 12.1. The molecule has 0 spiro atoms. The molecule has 1 N–H and O–H groups in total. The predicted octanol–water partition coefficient (Wildman–Crippen LogP) is 6.58. The molecule has 2 atom stereocenters. The number of alkyl halides is 3. The van der Waals surface area contributed by atoms with Crippen LogP contribution in [0.15, 0.2) is 54.6 Å². The first-order chi connectivity index (χ1) is 16.2. The van der Waals surface area contributed by atoms with E-state index in [0.717, 1.165) is 12.0 Å². The van der Waals surface area contributed by atoms with Gasteiger partial charge in [-0.05, 0) is 48.7 Å². The maximum absolute atomic E-state index is 13.3. The average molecular weight is 509 g/mol. The number of ether oxygens (including phenoxy) is 1. The van der Waals surface area contributed by atoms with Gasteiger partial charge >= 0.3 is 6.36 Å². The first kappa shape index (κ1) is 27.2. The molecule has 0 aliphatic carbocycles. The van der Waals surface area contributed by atoms with E-state index in [4.69, 9.17) is 4.43 Å². The lowest BCUT2D eigenvalue weighted by atomic mass is 10.1. The normalized spacial score (nSPS) is 19.5. The van der Waals surface area contributed by atoms with E-state index in [1.807, 2.05) is 30.3 Å². The minimum Gasteiger partial charge on any atom is -0.415 e. The van der Waals surface area contributed by atoms with E-state index in [-0.39, 0.29) is 28.4 Å². The van der Waals surface area contributed by atoms with Crippen molar-refractivity contribution in [3.8, 4) is 5.75 Å². The van der Waals surface area contributed by atoms with Gasteiger partial charge < -0.3 is 14.5 Å². The summed E-state index contributed by atoms with van der Waals surface area (Å²) in [4.78, 5) is 15.4. The number of rotatable bonds is 8. The Kier molecular flexibility index (Phi) is 8.34. The molecule has 5 nitrogen and oxygen atoms in total. The molecule has 1 fully saturated rings. The van der Waals surface area contributed by atoms with Crippen molar-refractivity contribution in [3.05, 3.63) is 60.2 Å². The van der Waals surface area contributed by atoms with Gasteiger partial charge in [0.2, 0.25) is 5.91 Å². The Balaban J connectivity index is 1.75. The van der Waals surface area contributed by atoms with E-state index >= 15 is 0 Å². The fraction of sp³-hybridized carbons (Fsp3) is 0.500. The zero-order chi connectivity index (χ0) is 25.9. The van der Waals surface area contributed by atoms with Crippen LogP contribution < -0.4 is 10.1 Å². The van der Waals surface area contributed by atoms with Gasteiger partial charge in [0.25, 0.3) is 0 Å². The number of likely N-dealkylation sites (tertiary alicyclic amines) is 1. The van der Waals surface area contributed by atoms with Gasteiger partial charge in [0, 0.05) is 30.9 Å². The van der Waals surface area contributed by atoms with E-state index in [0.29, 0.717) is 19.6 Å². The molecule has 0 saturated carbocycles. The molecule has 0 unspecified atom stereocenters. The molecule has 9 heteroatoms. The maximum atomic E-state index is 13.3. The highest BCUT2D eigenvalue weighted by molar-refractivity contribution is 6.74. The minimum atomic E-state index is -4.79. The first-order valence-electron chi connectivity index (χ1n) is 11.9. The number of halogens is 3. The van der Waals surface area contributed by atoms with Gasteiger partial charge in [-0.1, -0.05) is 57.2 Å². The van der Waals surface area contributed by atoms with E-state index < -0.39 is 20.7 Å². The summed E-state index contributed by atoms with van der Waals surface area (Å²) in [6, 6.07) is 14.9. The lowest BCUT2D eigenvalue weighted by molar-refractivity contribution is -0.274. The molecule has 1 aliphatic rings. The highest BCUT2D eigenvalue weighted by atomic mass is 28.4. The fourth-order valence-electron chi connectivity index (χ4n) is 3.95. The Hall–Kier alpha value is -2.36. The van der Waals surface area contributed by atoms with E-state index in [2.05, 4.69) is 48.8 Å². The third-order valence-electron chi connectivity index (χ3n) is 6.93. The average Bonchev–Trinajstić information content (AvgIpc) is 3.14. The van der Waals surface area contributed by atoms with Gasteiger partial charge in [-0.3, -0.25) is 9.69 Å². The Bertz CT molecular complexity index is 993. The second-order valence-corrected chi connectivity index (χ2v) is 15.4. The summed E-state index contributed by atoms with van der Waals surface area (Å²) in [6.07, 6.45) is -3.35. The molecule has 0 aromatic heterocycles. The molecule has 0 bridgehead atoms. The Morgan fingerprint density at radius 1 is 1.06 bits per heavy atom. The van der Waals surface area contributed by atoms with Crippen LogP contribution in [0, 0.1) is 0 Å². The van der Waals surface area contributed by atoms with E-state index in [1.165, 1.54) is 18.2 Å². The largest absolute Gasteiger partial charge is 0.573 e. The number of carbonyl (C=O) groups is 1. The smallest absolute Gasteiger partial charge is 0.415 e. The third-order valence-corrected chi connectivity index (χ3v) is 11.4. The maximum Gasteiger partial charge on any atom is 0.573 e. The summed E-state index contributed by atoms with van der Waals surface area (Å²) in [7, 11) is -1.96. The van der Waals surface area contributed by atoms with E-state index in [9.17, 15) is 18.0 Å². The summed E-state index contributed by atoms with van der Waals surface area (Å²) >= 11 is 0. The monoisotopic (exact) mass is 508 g/mol. The fourth-order valence-corrected chi connectivity index (χ4v) is 4.99. The van der Waals surface area contributed by atoms with Crippen LogP contribution in [0.5, 0.6) is 5.75 Å². The topological polar surface area (TPSA) is 50.8 Å². The number of nitrogens with one attached hydrogen (secondary N) is 1. The molecule has 1 amide bonds. The molecule has 1 saturated heterocycles. The molecular weight excluding hydrogens is 473 g/mol. The predicted molar refractivity (Wildman–Crippen MR) is 134 cm³/mol. The van der Waals surface area contributed by atoms with Crippen molar-refractivity contribution in [3.63, 3.8) is 0 Å². The van der Waals surface area contributed by atoms with Crippen molar-refractivity contribution in [1.29, 1.82) is 0 Å². The van der Waals surface area contributed by atoms with Crippen molar-refractivity contribution < 1.29 is 27.1 Å². The molecular formula is C26H35F3N2O3Si. The zero-order valence-corrected chi connectivity index (χ0v) is 22.0. The van der Waals surface area contributed by atoms with Crippen LogP contribution in [0.3, 0.4) is 0 Å². The van der Waals surface area contributed by atoms with Gasteiger partial charge in [-0.2, -0.15) is 0 Å². The third kappa shape index (κ3) is 7.56. The lowest BCUT2D eigenvalue weighted by Crippen LogP contribution is -2.47. The molecule has 0 radical (unpaired) electrons. The van der Waals surface area contributed by atoms with Crippen molar-refractivity contribution in [2.45, 2.75) is 76.7 Å². The Labute approximate surface area is 206 Å². The van der Waals surface area contributed by atoms with Gasteiger partial charge in [-0.15, -0.1) is 13.2 Å². The molecule has 192 valence electrons. The summed E-state index contributed by atoms with van der Waals surface area (Å²) in [5.41, 5.74) is 1.35. The highest BCUT2D eigenvalue weighted by Crippen LogP contribution is 2.38. The number of nitrogens with zero attached hydrogens (tertiary/aromatic N) is 1. The molecule has 2 aromatic rings. The first-order valence-corrected chi connectivity index (χ1v) is 14.8. The molecule has 1 heterocycles. The van der Waals surface area contributed by atoms with Gasteiger partial charge in [0.05, 0.1) is 6.04 Å². The quantitative estimate of drug-likeness (QED) is 0.409. The number of benzene rings is 2. The Morgan fingerprint density at radius 2 is 1.74 bits per heavy atom. The van der Waals surface area contributed by atoms with Gasteiger partial charge in [0.15, 0.2) is 8.32 Å². The standard InChI is InChI=1S/C26H35F3N2O3Si/c1-25(2,3)35(4,5)33-18-21-14-15-23(31(21)17-19-10-7-6-8-11-19)24(32)30-20-12-9-13-22(16-20)34-26(27,28)29/h6-13,16,21,23H,14-15,17-18H2,1-5H3,(H,30,32)/t21-,23+/m1/s1. The summed E-state index contributed by atoms with van der Waals surface area (Å²) in [5, 5.41) is 2.86. The molecule has 1 aliphatic heterocycles. The van der Waals surface area contributed by atoms with Crippen LogP contribution >= 0.6 is 0 Å². The van der Waals surface area contributed by atoms with Crippen LogP contribution in [0.2, 0.25) is 18.1 Å². The second-order valence-electron chi connectivity index (χ2n) is 10.5. The summed E-state index contributed by atoms with van der Waals surface area (Å²) in [5.74, 6) is -0.622. The number of hydrogen-bond donors (Lipinski definition) is 1. The minimum absolute atomic E-state index is 0.0694. The van der Waals surface area contributed by atoms with Gasteiger partial charge in [0.1, 0.15) is 5.75 Å². The van der Waals surface area contributed by atoms with Crippen LogP contribution in [-0.4, -0.2) is 44.2 Å². The van der Waals surface area contributed by atoms with Crippen LogP contribution in [0.25, 0.3) is 0 Å².